The molecule has 1 N–H and O–H groups in total. The van der Waals surface area contributed by atoms with Crippen LogP contribution in [0.4, 0.5) is 0 Å². The Balaban J connectivity index is 2.08. The Morgan fingerprint density at radius 3 is 2.57 bits per heavy atom. The maximum absolute atomic E-state index is 3.76. The highest BCUT2D eigenvalue weighted by atomic mass is 32.2. The fourth-order valence-electron chi connectivity index (χ4n) is 3.21. The van der Waals surface area contributed by atoms with E-state index in [-0.39, 0.29) is 0 Å². The molecule has 3 heteroatoms. The third-order valence-corrected chi connectivity index (χ3v) is 5.62. The summed E-state index contributed by atoms with van der Waals surface area (Å²) in [6.07, 6.45) is 0. The number of hydrogen-bond donors (Lipinski definition) is 1. The molecule has 1 aliphatic heterocycles. The molecule has 0 spiro atoms. The maximum Gasteiger partial charge on any atom is 0.0450 e. The number of benzene rings is 1. The third kappa shape index (κ3) is 4.48. The summed E-state index contributed by atoms with van der Waals surface area (Å²) >= 11 is 2.06. The van der Waals surface area contributed by atoms with Gasteiger partial charge in [-0.05, 0) is 24.2 Å². The van der Waals surface area contributed by atoms with Gasteiger partial charge in [-0.2, -0.15) is 11.8 Å². The van der Waals surface area contributed by atoms with E-state index in [1.165, 1.54) is 17.1 Å². The molecule has 3 atom stereocenters. The number of nitrogens with one attached hydrogen (secondary N) is 1. The van der Waals surface area contributed by atoms with Crippen molar-refractivity contribution in [1.82, 2.24) is 10.2 Å². The van der Waals surface area contributed by atoms with Crippen molar-refractivity contribution in [3.05, 3.63) is 35.9 Å². The maximum atomic E-state index is 3.76. The fourth-order valence-corrected chi connectivity index (χ4v) is 3.98. The van der Waals surface area contributed by atoms with E-state index in [4.69, 9.17) is 0 Å². The van der Waals surface area contributed by atoms with Gasteiger partial charge in [0.2, 0.25) is 0 Å². The van der Waals surface area contributed by atoms with E-state index >= 15 is 0 Å². The molecule has 1 aromatic carbocycles. The van der Waals surface area contributed by atoms with Gasteiger partial charge in [0.05, 0.1) is 0 Å². The van der Waals surface area contributed by atoms with E-state index in [1.54, 1.807) is 0 Å². The molecule has 0 aliphatic carbocycles. The summed E-state index contributed by atoms with van der Waals surface area (Å²) in [7, 11) is 0. The lowest BCUT2D eigenvalue weighted by atomic mass is 9.94. The standard InChI is InChI=1S/C18H30N2S/c1-5-21-13-15(4)20-12-17(16-9-7-6-8-10-16)19-11-18(20)14(2)3/h6-10,14-15,17-19H,5,11-13H2,1-4H3. The molecule has 3 unspecified atom stereocenters. The van der Waals surface area contributed by atoms with Crippen LogP contribution < -0.4 is 5.32 Å². The minimum Gasteiger partial charge on any atom is -0.307 e. The van der Waals surface area contributed by atoms with E-state index in [9.17, 15) is 0 Å². The molecule has 21 heavy (non-hydrogen) atoms. The van der Waals surface area contributed by atoms with Crippen molar-refractivity contribution in [2.45, 2.75) is 45.8 Å². The Labute approximate surface area is 134 Å². The molecule has 1 aromatic rings. The molecule has 1 heterocycles. The molecule has 0 bridgehead atoms. The van der Waals surface area contributed by atoms with Crippen LogP contribution in [0.1, 0.15) is 39.3 Å². The van der Waals surface area contributed by atoms with Crippen molar-refractivity contribution in [2.75, 3.05) is 24.6 Å². The number of nitrogens with zero attached hydrogens (tertiary/aromatic N) is 1. The topological polar surface area (TPSA) is 15.3 Å². The van der Waals surface area contributed by atoms with Crippen molar-refractivity contribution < 1.29 is 0 Å². The summed E-state index contributed by atoms with van der Waals surface area (Å²) in [5, 5.41) is 3.76. The largest absolute Gasteiger partial charge is 0.307 e. The number of piperazine rings is 1. The van der Waals surface area contributed by atoms with Gasteiger partial charge >= 0.3 is 0 Å². The Morgan fingerprint density at radius 2 is 1.95 bits per heavy atom. The van der Waals surface area contributed by atoms with Crippen LogP contribution in [0.2, 0.25) is 0 Å². The van der Waals surface area contributed by atoms with Gasteiger partial charge in [0.25, 0.3) is 0 Å². The highest BCUT2D eigenvalue weighted by Crippen LogP contribution is 2.26. The fraction of sp³-hybridized carbons (Fsp3) is 0.667. The molecule has 118 valence electrons. The van der Waals surface area contributed by atoms with E-state index in [1.807, 2.05) is 0 Å². The molecule has 2 rings (SSSR count). The Kier molecular flexibility index (Phi) is 6.59. The second-order valence-corrected chi connectivity index (χ2v) is 7.71. The van der Waals surface area contributed by atoms with Gasteiger partial charge in [-0.25, -0.2) is 0 Å². The van der Waals surface area contributed by atoms with Crippen molar-refractivity contribution >= 4 is 11.8 Å². The van der Waals surface area contributed by atoms with E-state index in [0.717, 1.165) is 13.1 Å². The minimum absolute atomic E-state index is 0.468. The zero-order valence-electron chi connectivity index (χ0n) is 13.9. The number of rotatable bonds is 6. The molecule has 1 aliphatic rings. The van der Waals surface area contributed by atoms with Gasteiger partial charge in [-0.3, -0.25) is 4.90 Å². The highest BCUT2D eigenvalue weighted by Gasteiger charge is 2.33. The lowest BCUT2D eigenvalue weighted by molar-refractivity contribution is 0.0708. The molecule has 1 fully saturated rings. The van der Waals surface area contributed by atoms with Crippen LogP contribution in [0.15, 0.2) is 30.3 Å². The molecule has 0 saturated carbocycles. The summed E-state index contributed by atoms with van der Waals surface area (Å²) in [5.41, 5.74) is 1.42. The first kappa shape index (κ1) is 16.9. The summed E-state index contributed by atoms with van der Waals surface area (Å²) < 4.78 is 0. The zero-order valence-corrected chi connectivity index (χ0v) is 14.7. The normalized spacial score (nSPS) is 25.2. The molecule has 0 amide bonds. The predicted molar refractivity (Wildman–Crippen MR) is 95.0 cm³/mol. The molecule has 2 nitrogen and oxygen atoms in total. The predicted octanol–water partition coefficient (Wildman–Crippen LogP) is 3.80. The molecular formula is C18H30N2S. The van der Waals surface area contributed by atoms with Gasteiger partial charge in [-0.15, -0.1) is 0 Å². The quantitative estimate of drug-likeness (QED) is 0.860. The van der Waals surface area contributed by atoms with Crippen LogP contribution in [0.5, 0.6) is 0 Å². The summed E-state index contributed by atoms with van der Waals surface area (Å²) in [5.74, 6) is 3.15. The Hall–Kier alpha value is -0.510. The van der Waals surface area contributed by atoms with Gasteiger partial charge in [-0.1, -0.05) is 51.1 Å². The average molecular weight is 307 g/mol. The van der Waals surface area contributed by atoms with Crippen LogP contribution in [0.25, 0.3) is 0 Å². The van der Waals surface area contributed by atoms with E-state index in [0.29, 0.717) is 24.0 Å². The van der Waals surface area contributed by atoms with Crippen molar-refractivity contribution in [3.63, 3.8) is 0 Å². The smallest absolute Gasteiger partial charge is 0.0450 e. The lowest BCUT2D eigenvalue weighted by Gasteiger charge is -2.45. The Bertz CT molecular complexity index is 407. The lowest BCUT2D eigenvalue weighted by Crippen LogP contribution is -2.58. The summed E-state index contributed by atoms with van der Waals surface area (Å²) in [6, 6.07) is 12.6. The highest BCUT2D eigenvalue weighted by molar-refractivity contribution is 7.99. The van der Waals surface area contributed by atoms with Gasteiger partial charge in [0.1, 0.15) is 0 Å². The molecule has 0 aromatic heterocycles. The molecule has 1 saturated heterocycles. The van der Waals surface area contributed by atoms with Gasteiger partial charge < -0.3 is 5.32 Å². The molecular weight excluding hydrogens is 276 g/mol. The second kappa shape index (κ2) is 8.21. The second-order valence-electron chi connectivity index (χ2n) is 6.39. The van der Waals surface area contributed by atoms with Crippen LogP contribution in [0.3, 0.4) is 0 Å². The van der Waals surface area contributed by atoms with Crippen LogP contribution in [-0.4, -0.2) is 41.6 Å². The van der Waals surface area contributed by atoms with Crippen molar-refractivity contribution in [1.29, 1.82) is 0 Å². The first-order valence-corrected chi connectivity index (χ1v) is 9.40. The average Bonchev–Trinajstić information content (AvgIpc) is 2.52. The van der Waals surface area contributed by atoms with Gasteiger partial charge in [0, 0.05) is 37.0 Å². The summed E-state index contributed by atoms with van der Waals surface area (Å²) in [6.45, 7) is 11.6. The van der Waals surface area contributed by atoms with Crippen molar-refractivity contribution in [3.8, 4) is 0 Å². The number of thioether (sulfide) groups is 1. The number of hydrogen-bond acceptors (Lipinski definition) is 3. The van der Waals surface area contributed by atoms with Crippen LogP contribution >= 0.6 is 11.8 Å². The van der Waals surface area contributed by atoms with E-state index in [2.05, 4.69) is 80.0 Å². The van der Waals surface area contributed by atoms with E-state index < -0.39 is 0 Å². The first-order valence-electron chi connectivity index (χ1n) is 8.25. The third-order valence-electron chi connectivity index (χ3n) is 4.49. The molecule has 0 radical (unpaired) electrons. The Morgan fingerprint density at radius 1 is 1.24 bits per heavy atom. The van der Waals surface area contributed by atoms with Crippen LogP contribution in [0, 0.1) is 5.92 Å². The van der Waals surface area contributed by atoms with Crippen molar-refractivity contribution in [2.24, 2.45) is 5.92 Å². The van der Waals surface area contributed by atoms with Crippen LogP contribution in [-0.2, 0) is 0 Å². The first-order chi connectivity index (χ1) is 10.1. The summed E-state index contributed by atoms with van der Waals surface area (Å²) in [4.78, 5) is 2.74. The van der Waals surface area contributed by atoms with Gasteiger partial charge in [0.15, 0.2) is 0 Å². The zero-order chi connectivity index (χ0) is 15.2. The SMILES string of the molecule is CCSCC(C)N1CC(c2ccccc2)NCC1C(C)C. The monoisotopic (exact) mass is 306 g/mol. The minimum atomic E-state index is 0.468.